The summed E-state index contributed by atoms with van der Waals surface area (Å²) in [5.74, 6) is 0. The van der Waals surface area contributed by atoms with Gasteiger partial charge >= 0.3 is 0 Å². The molecule has 80 valence electrons. The lowest BCUT2D eigenvalue weighted by Crippen LogP contribution is -2.10. The molecular formula is C12H15NOS. The molecule has 0 saturated carbocycles. The number of aromatic nitrogens is 1. The first-order valence-electron chi connectivity index (χ1n) is 5.31. The fourth-order valence-corrected chi connectivity index (χ4v) is 2.98. The Morgan fingerprint density at radius 3 is 2.67 bits per heavy atom. The number of rotatable bonds is 2. The van der Waals surface area contributed by atoms with Gasteiger partial charge in [-0.05, 0) is 31.4 Å². The zero-order valence-corrected chi connectivity index (χ0v) is 10.1. The third kappa shape index (κ3) is 1.61. The molecule has 1 N–H and O–H groups in total. The average molecular weight is 221 g/mol. The molecule has 2 heterocycles. The van der Waals surface area contributed by atoms with Gasteiger partial charge in [-0.25, -0.2) is 0 Å². The van der Waals surface area contributed by atoms with Crippen LogP contribution in [0.4, 0.5) is 0 Å². The second-order valence-corrected chi connectivity index (χ2v) is 4.97. The molecule has 0 amide bonds. The predicted octanol–water partition coefficient (Wildman–Crippen LogP) is 3.02. The van der Waals surface area contributed by atoms with Crippen LogP contribution in [0.5, 0.6) is 0 Å². The molecule has 0 aromatic carbocycles. The summed E-state index contributed by atoms with van der Waals surface area (Å²) in [6, 6.07) is 2.13. The minimum absolute atomic E-state index is 0.0668. The summed E-state index contributed by atoms with van der Waals surface area (Å²) < 4.78 is 0.876. The number of fused-ring (bicyclic) bond motifs is 1. The maximum atomic E-state index is 11.8. The van der Waals surface area contributed by atoms with E-state index < -0.39 is 0 Å². The van der Waals surface area contributed by atoms with Crippen LogP contribution in [-0.4, -0.2) is 4.98 Å². The van der Waals surface area contributed by atoms with E-state index in [0.717, 1.165) is 28.6 Å². The molecule has 0 unspecified atom stereocenters. The molecule has 0 aliphatic carbocycles. The first-order valence-corrected chi connectivity index (χ1v) is 6.13. The van der Waals surface area contributed by atoms with E-state index in [9.17, 15) is 4.79 Å². The molecule has 0 atom stereocenters. The molecule has 0 saturated heterocycles. The van der Waals surface area contributed by atoms with Crippen molar-refractivity contribution in [3.8, 4) is 0 Å². The van der Waals surface area contributed by atoms with E-state index in [1.54, 1.807) is 11.3 Å². The standard InChI is InChI=1S/C12H15NOS/c1-4-8-9-6-7(3)15-11(9)12(14)13-10(8)5-2/h6H,4-5H2,1-3H3,(H,13,14). The van der Waals surface area contributed by atoms with Crippen molar-refractivity contribution in [2.75, 3.05) is 0 Å². The number of H-pyrrole nitrogens is 1. The topological polar surface area (TPSA) is 32.9 Å². The van der Waals surface area contributed by atoms with Gasteiger partial charge in [0, 0.05) is 16.0 Å². The van der Waals surface area contributed by atoms with E-state index in [1.807, 2.05) is 0 Å². The minimum atomic E-state index is 0.0668. The monoisotopic (exact) mass is 221 g/mol. The van der Waals surface area contributed by atoms with Crippen LogP contribution in [0.1, 0.15) is 30.0 Å². The van der Waals surface area contributed by atoms with E-state index in [2.05, 4.69) is 31.8 Å². The number of thiophene rings is 1. The Hall–Kier alpha value is -1.09. The van der Waals surface area contributed by atoms with E-state index in [-0.39, 0.29) is 5.56 Å². The second kappa shape index (κ2) is 3.81. The fourth-order valence-electron chi connectivity index (χ4n) is 2.04. The van der Waals surface area contributed by atoms with Crippen molar-refractivity contribution in [1.29, 1.82) is 0 Å². The Morgan fingerprint density at radius 2 is 2.07 bits per heavy atom. The average Bonchev–Trinajstić information content (AvgIpc) is 2.60. The summed E-state index contributed by atoms with van der Waals surface area (Å²) in [6.45, 7) is 6.27. The Labute approximate surface area is 93.0 Å². The first-order chi connectivity index (χ1) is 7.17. The molecular weight excluding hydrogens is 206 g/mol. The minimum Gasteiger partial charge on any atom is -0.325 e. The summed E-state index contributed by atoms with van der Waals surface area (Å²) in [5, 5.41) is 1.15. The Morgan fingerprint density at radius 1 is 1.33 bits per heavy atom. The van der Waals surface area contributed by atoms with Gasteiger partial charge in [0.1, 0.15) is 0 Å². The van der Waals surface area contributed by atoms with Crippen LogP contribution in [0.25, 0.3) is 10.1 Å². The Bertz CT molecular complexity index is 550. The molecule has 0 aliphatic heterocycles. The highest BCUT2D eigenvalue weighted by Crippen LogP contribution is 2.26. The van der Waals surface area contributed by atoms with Gasteiger partial charge in [0.25, 0.3) is 5.56 Å². The summed E-state index contributed by atoms with van der Waals surface area (Å²) in [6.07, 6.45) is 1.87. The van der Waals surface area contributed by atoms with Crippen LogP contribution in [0, 0.1) is 6.92 Å². The largest absolute Gasteiger partial charge is 0.325 e. The highest BCUT2D eigenvalue weighted by molar-refractivity contribution is 7.18. The van der Waals surface area contributed by atoms with Gasteiger partial charge in [0.2, 0.25) is 0 Å². The second-order valence-electron chi connectivity index (χ2n) is 3.72. The lowest BCUT2D eigenvalue weighted by atomic mass is 10.1. The zero-order valence-electron chi connectivity index (χ0n) is 9.31. The van der Waals surface area contributed by atoms with Gasteiger partial charge in [-0.1, -0.05) is 13.8 Å². The number of aryl methyl sites for hydroxylation is 3. The van der Waals surface area contributed by atoms with Gasteiger partial charge in [0.15, 0.2) is 0 Å². The molecule has 0 bridgehead atoms. The highest BCUT2D eigenvalue weighted by Gasteiger charge is 2.10. The molecule has 2 aromatic rings. The number of aromatic amines is 1. The van der Waals surface area contributed by atoms with Crippen molar-refractivity contribution in [3.63, 3.8) is 0 Å². The van der Waals surface area contributed by atoms with E-state index in [4.69, 9.17) is 0 Å². The van der Waals surface area contributed by atoms with Crippen molar-refractivity contribution in [1.82, 2.24) is 4.98 Å². The summed E-state index contributed by atoms with van der Waals surface area (Å²) >= 11 is 1.58. The van der Waals surface area contributed by atoms with Crippen LogP contribution in [0.15, 0.2) is 10.9 Å². The molecule has 0 aliphatic rings. The summed E-state index contributed by atoms with van der Waals surface area (Å²) in [7, 11) is 0. The van der Waals surface area contributed by atoms with Crippen LogP contribution in [0.2, 0.25) is 0 Å². The van der Waals surface area contributed by atoms with Crippen LogP contribution < -0.4 is 5.56 Å². The molecule has 2 nitrogen and oxygen atoms in total. The van der Waals surface area contributed by atoms with Crippen molar-refractivity contribution in [3.05, 3.63) is 32.6 Å². The van der Waals surface area contributed by atoms with E-state index in [0.29, 0.717) is 0 Å². The number of hydrogen-bond donors (Lipinski definition) is 1. The first kappa shape index (κ1) is 10.4. The van der Waals surface area contributed by atoms with Gasteiger partial charge in [-0.15, -0.1) is 11.3 Å². The van der Waals surface area contributed by atoms with Gasteiger partial charge in [-0.2, -0.15) is 0 Å². The van der Waals surface area contributed by atoms with Crippen molar-refractivity contribution >= 4 is 21.4 Å². The summed E-state index contributed by atoms with van der Waals surface area (Å²) in [5.41, 5.74) is 2.46. The van der Waals surface area contributed by atoms with Crippen molar-refractivity contribution in [2.24, 2.45) is 0 Å². The van der Waals surface area contributed by atoms with Gasteiger partial charge < -0.3 is 4.98 Å². The number of hydrogen-bond acceptors (Lipinski definition) is 2. The lowest BCUT2D eigenvalue weighted by molar-refractivity contribution is 0.967. The molecule has 0 fully saturated rings. The van der Waals surface area contributed by atoms with E-state index >= 15 is 0 Å². The third-order valence-electron chi connectivity index (χ3n) is 2.72. The maximum Gasteiger partial charge on any atom is 0.266 e. The summed E-state index contributed by atoms with van der Waals surface area (Å²) in [4.78, 5) is 16.0. The van der Waals surface area contributed by atoms with Crippen molar-refractivity contribution < 1.29 is 0 Å². The number of pyridine rings is 1. The van der Waals surface area contributed by atoms with Gasteiger partial charge in [-0.3, -0.25) is 4.79 Å². The predicted molar refractivity (Wildman–Crippen MR) is 65.9 cm³/mol. The van der Waals surface area contributed by atoms with Crippen molar-refractivity contribution in [2.45, 2.75) is 33.6 Å². The smallest absolute Gasteiger partial charge is 0.266 e. The lowest BCUT2D eigenvalue weighted by Gasteiger charge is -2.06. The fraction of sp³-hybridized carbons (Fsp3) is 0.417. The Balaban J connectivity index is 2.90. The highest BCUT2D eigenvalue weighted by atomic mass is 32.1. The number of nitrogens with one attached hydrogen (secondary N) is 1. The van der Waals surface area contributed by atoms with Crippen LogP contribution in [0.3, 0.4) is 0 Å². The third-order valence-corrected chi connectivity index (χ3v) is 3.77. The molecule has 2 rings (SSSR count). The SMILES string of the molecule is CCc1[nH]c(=O)c2sc(C)cc2c1CC. The van der Waals surface area contributed by atoms with Crippen LogP contribution >= 0.6 is 11.3 Å². The maximum absolute atomic E-state index is 11.8. The van der Waals surface area contributed by atoms with Gasteiger partial charge in [0.05, 0.1) is 4.70 Å². The molecule has 0 spiro atoms. The molecule has 0 radical (unpaired) electrons. The quantitative estimate of drug-likeness (QED) is 0.830. The normalized spacial score (nSPS) is 11.1. The molecule has 2 aromatic heterocycles. The van der Waals surface area contributed by atoms with E-state index in [1.165, 1.54) is 10.4 Å². The zero-order chi connectivity index (χ0) is 11.0. The Kier molecular flexibility index (Phi) is 2.65. The molecule has 3 heteroatoms. The molecule has 15 heavy (non-hydrogen) atoms. The van der Waals surface area contributed by atoms with Crippen LogP contribution in [-0.2, 0) is 12.8 Å².